The maximum Gasteiger partial charge on any atom is 0.0817 e. The molecule has 84 valence electrons. The summed E-state index contributed by atoms with van der Waals surface area (Å²) in [6, 6.07) is 0. The Morgan fingerprint density at radius 2 is 1.29 bits per heavy atom. The van der Waals surface area contributed by atoms with Gasteiger partial charge < -0.3 is 0 Å². The summed E-state index contributed by atoms with van der Waals surface area (Å²) < 4.78 is 2.55. The summed E-state index contributed by atoms with van der Waals surface area (Å²) >= 11 is 4.63. The lowest BCUT2D eigenvalue weighted by Gasteiger charge is -1.95. The third-order valence-electron chi connectivity index (χ3n) is 0.319. The van der Waals surface area contributed by atoms with Crippen LogP contribution in [0, 0.1) is 0 Å². The van der Waals surface area contributed by atoms with Gasteiger partial charge in [0.15, 0.2) is 0 Å². The molecule has 0 fully saturated rings. The Kier molecular flexibility index (Phi) is 11.7. The monoisotopic (exact) mass is 240 g/mol. The van der Waals surface area contributed by atoms with Gasteiger partial charge in [0.25, 0.3) is 0 Å². The highest BCUT2D eigenvalue weighted by Crippen LogP contribution is 1.90. The fourth-order valence-electron chi connectivity index (χ4n) is 0.119. The Morgan fingerprint density at radius 3 is 1.79 bits per heavy atom. The largest absolute Gasteiger partial charge is 0.219 e. The van der Waals surface area contributed by atoms with E-state index in [1.165, 1.54) is 0 Å². The van der Waals surface area contributed by atoms with Gasteiger partial charge in [0.1, 0.15) is 0 Å². The predicted molar refractivity (Wildman–Crippen MR) is 24.2 cm³/mol. The summed E-state index contributed by atoms with van der Waals surface area (Å²) in [6.45, 7) is 0. The molecule has 0 bridgehead atoms. The normalized spacial score (nSPS) is 11.0. The standard InChI is InChI=1S/ClHN2O11/c1-2-3-5-7-9-11-13-14-12-10-8-6-4/h4H. The average molecular weight is 240 g/mol. The fraction of sp³-hybridized carbons (Fsp3) is 0. The third kappa shape index (κ3) is 11.3. The molecule has 14 heavy (non-hydrogen) atoms. The van der Waals surface area contributed by atoms with Crippen LogP contribution < -0.4 is 0 Å². The maximum absolute atomic E-state index is 7.44. The predicted octanol–water partition coefficient (Wildman–Crippen LogP) is 0.381. The van der Waals surface area contributed by atoms with E-state index in [2.05, 4.69) is 72.0 Å². The van der Waals surface area contributed by atoms with Crippen molar-refractivity contribution >= 4 is 11.8 Å². The van der Waals surface area contributed by atoms with Gasteiger partial charge in [-0.3, -0.25) is 0 Å². The molecule has 0 unspecified atom stereocenters. The minimum absolute atomic E-state index is 2.55. The first-order valence-corrected chi connectivity index (χ1v) is 2.57. The number of rotatable bonds is 10. The molecule has 0 heterocycles. The van der Waals surface area contributed by atoms with Crippen molar-refractivity contribution in [3.8, 4) is 0 Å². The highest BCUT2D eigenvalue weighted by molar-refractivity contribution is 6.13. The molecule has 13 nitrogen and oxygen atoms in total. The molecule has 1 N–H and O–H groups in total. The van der Waals surface area contributed by atoms with Crippen molar-refractivity contribution in [3.63, 3.8) is 0 Å². The second-order valence-corrected chi connectivity index (χ2v) is 1.00. The molecule has 0 amide bonds. The fourth-order valence-corrected chi connectivity index (χ4v) is 0.144. The summed E-state index contributed by atoms with van der Waals surface area (Å²) in [5.41, 5.74) is 0. The Labute approximate surface area is 78.4 Å². The molecule has 0 aromatic rings. The van der Waals surface area contributed by atoms with Gasteiger partial charge in [-0.15, -0.1) is 0 Å². The van der Waals surface area contributed by atoms with E-state index in [9.17, 15) is 0 Å². The minimum Gasteiger partial charge on any atom is -0.219 e. The van der Waals surface area contributed by atoms with Crippen LogP contribution in [0.25, 0.3) is 0 Å². The van der Waals surface area contributed by atoms with Gasteiger partial charge in [-0.2, -0.15) is 4.99 Å². The second kappa shape index (κ2) is 12.3. The molecule has 0 radical (unpaired) electrons. The van der Waals surface area contributed by atoms with Gasteiger partial charge in [0.2, 0.25) is 0 Å². The number of halogens is 1. The lowest BCUT2D eigenvalue weighted by atomic mass is 13.1. The Hall–Kier alpha value is -0.710. The molecule has 0 aromatic heterocycles. The van der Waals surface area contributed by atoms with E-state index in [1.54, 1.807) is 0 Å². The van der Waals surface area contributed by atoms with Crippen molar-refractivity contribution in [2.75, 3.05) is 0 Å². The number of nitrogens with zero attached hydrogens (tertiary/aromatic N) is 2. The average Bonchev–Trinajstić information content (AvgIpc) is 2.21. The molecule has 0 aliphatic heterocycles. The van der Waals surface area contributed by atoms with Crippen LogP contribution >= 0.6 is 11.8 Å². The van der Waals surface area contributed by atoms with Crippen molar-refractivity contribution in [1.82, 2.24) is 0 Å². The SMILES string of the molecule is OOOOOOOOOOON=NCl. The summed E-state index contributed by atoms with van der Waals surface area (Å²) in [5.74, 6) is 0. The zero-order chi connectivity index (χ0) is 10.5. The lowest BCUT2D eigenvalue weighted by Crippen LogP contribution is -2.01. The van der Waals surface area contributed by atoms with E-state index in [4.69, 9.17) is 5.26 Å². The van der Waals surface area contributed by atoms with Crippen molar-refractivity contribution < 1.29 is 55.6 Å². The highest BCUT2D eigenvalue weighted by Gasteiger charge is 1.95. The molecule has 14 heteroatoms. The van der Waals surface area contributed by atoms with Crippen LogP contribution in [0.5, 0.6) is 0 Å². The molecule has 0 atom stereocenters. The minimum atomic E-state index is 2.55. The van der Waals surface area contributed by atoms with Gasteiger partial charge in [-0.1, -0.05) is 0 Å². The molecule has 0 saturated heterocycles. The van der Waals surface area contributed by atoms with E-state index < -0.39 is 0 Å². The molecule has 0 aliphatic carbocycles. The Bertz CT molecular complexity index is 126. The summed E-state index contributed by atoms with van der Waals surface area (Å²) in [5, 5.41) is 40.3. The second-order valence-electron chi connectivity index (χ2n) is 0.851. The first-order valence-electron chi connectivity index (χ1n) is 2.23. The van der Waals surface area contributed by atoms with Gasteiger partial charge in [-0.25, -0.2) is 5.26 Å². The van der Waals surface area contributed by atoms with Crippen molar-refractivity contribution in [3.05, 3.63) is 0 Å². The van der Waals surface area contributed by atoms with Crippen molar-refractivity contribution in [2.45, 2.75) is 0 Å². The number of hydrogen-bond acceptors (Lipinski definition) is 13. The quantitative estimate of drug-likeness (QED) is 0.245. The zero-order valence-electron chi connectivity index (χ0n) is 5.80. The van der Waals surface area contributed by atoms with Gasteiger partial charge in [0, 0.05) is 25.2 Å². The molecule has 0 aliphatic rings. The van der Waals surface area contributed by atoms with Crippen LogP contribution in [0.4, 0.5) is 0 Å². The van der Waals surface area contributed by atoms with E-state index in [-0.39, 0.29) is 0 Å². The van der Waals surface area contributed by atoms with E-state index >= 15 is 0 Å². The first kappa shape index (κ1) is 13.3. The first-order chi connectivity index (χ1) is 6.91. The maximum atomic E-state index is 7.44. The smallest absolute Gasteiger partial charge is 0.0817 e. The molecule has 0 spiro atoms. The van der Waals surface area contributed by atoms with Gasteiger partial charge >= 0.3 is 0 Å². The molecular formula is HClN2O11. The van der Waals surface area contributed by atoms with Crippen molar-refractivity contribution in [1.29, 1.82) is 0 Å². The zero-order valence-corrected chi connectivity index (χ0v) is 6.56. The molecule has 0 saturated carbocycles. The van der Waals surface area contributed by atoms with Crippen LogP contribution in [0.15, 0.2) is 9.91 Å². The van der Waals surface area contributed by atoms with Gasteiger partial charge in [0.05, 0.1) is 17.1 Å². The van der Waals surface area contributed by atoms with Crippen LogP contribution in [-0.2, 0) is 50.3 Å². The Balaban J connectivity index is 2.85. The van der Waals surface area contributed by atoms with E-state index in [0.29, 0.717) is 0 Å². The van der Waals surface area contributed by atoms with Crippen molar-refractivity contribution in [2.24, 2.45) is 9.91 Å². The summed E-state index contributed by atoms with van der Waals surface area (Å²) in [7, 11) is 0. The third-order valence-corrected chi connectivity index (χ3v) is 0.381. The Morgan fingerprint density at radius 1 is 0.786 bits per heavy atom. The summed E-state index contributed by atoms with van der Waals surface area (Å²) in [4.78, 5) is 3.62. The van der Waals surface area contributed by atoms with Gasteiger partial charge in [-0.05, 0) is 24.8 Å². The topological polar surface area (TPSA) is 137 Å². The van der Waals surface area contributed by atoms with E-state index in [1.807, 2.05) is 0 Å². The highest BCUT2D eigenvalue weighted by atomic mass is 35.5. The number of hydrogen-bond donors (Lipinski definition) is 1. The lowest BCUT2D eigenvalue weighted by molar-refractivity contribution is -0.854. The molecule has 0 aromatic carbocycles. The van der Waals surface area contributed by atoms with Crippen LogP contribution in [0.3, 0.4) is 0 Å². The van der Waals surface area contributed by atoms with Crippen LogP contribution in [0.1, 0.15) is 0 Å². The molecule has 0 rings (SSSR count). The molecular weight excluding hydrogens is 239 g/mol. The van der Waals surface area contributed by atoms with Crippen LogP contribution in [0.2, 0.25) is 0 Å². The van der Waals surface area contributed by atoms with E-state index in [0.717, 1.165) is 0 Å². The van der Waals surface area contributed by atoms with Crippen LogP contribution in [-0.4, -0.2) is 5.26 Å². The summed E-state index contributed by atoms with van der Waals surface area (Å²) in [6.07, 6.45) is 0.